The fourth-order valence-corrected chi connectivity index (χ4v) is 3.36. The number of halogens is 1. The molecule has 96 valence electrons. The van der Waals surface area contributed by atoms with E-state index in [1.807, 2.05) is 11.4 Å². The summed E-state index contributed by atoms with van der Waals surface area (Å²) in [5.41, 5.74) is 0.993. The molecule has 0 amide bonds. The van der Waals surface area contributed by atoms with Crippen LogP contribution in [0.5, 0.6) is 0 Å². The number of rotatable bonds is 3. The van der Waals surface area contributed by atoms with Crippen LogP contribution in [0, 0.1) is 5.92 Å². The van der Waals surface area contributed by atoms with E-state index >= 15 is 0 Å². The molecule has 3 rings (SSSR count). The van der Waals surface area contributed by atoms with Gasteiger partial charge < -0.3 is 9.84 Å². The van der Waals surface area contributed by atoms with E-state index in [2.05, 4.69) is 31.4 Å². The Labute approximate surface area is 118 Å². The molecular weight excluding hydrogens is 314 g/mol. The first-order valence-electron chi connectivity index (χ1n) is 6.09. The van der Waals surface area contributed by atoms with Crippen molar-refractivity contribution in [3.63, 3.8) is 0 Å². The third-order valence-corrected chi connectivity index (χ3v) is 4.66. The maximum absolute atomic E-state index is 5.31. The van der Waals surface area contributed by atoms with Crippen molar-refractivity contribution in [2.75, 3.05) is 13.1 Å². The minimum atomic E-state index is 0.621. The first-order valence-corrected chi connectivity index (χ1v) is 7.76. The van der Waals surface area contributed by atoms with Gasteiger partial charge in [-0.2, -0.15) is 4.98 Å². The zero-order valence-corrected chi connectivity index (χ0v) is 12.3. The van der Waals surface area contributed by atoms with Gasteiger partial charge in [0, 0.05) is 11.8 Å². The van der Waals surface area contributed by atoms with E-state index < -0.39 is 0 Å². The molecule has 2 aromatic rings. The Bertz CT molecular complexity index is 519. The van der Waals surface area contributed by atoms with Crippen molar-refractivity contribution in [2.45, 2.75) is 19.3 Å². The first kappa shape index (κ1) is 12.3. The van der Waals surface area contributed by atoms with E-state index in [-0.39, 0.29) is 0 Å². The van der Waals surface area contributed by atoms with Crippen LogP contribution in [-0.4, -0.2) is 23.2 Å². The predicted octanol–water partition coefficient (Wildman–Crippen LogP) is 3.10. The number of thiophene rings is 1. The van der Waals surface area contributed by atoms with Gasteiger partial charge in [0.05, 0.1) is 9.35 Å². The molecule has 0 aromatic carbocycles. The van der Waals surface area contributed by atoms with Crippen LogP contribution in [0.15, 0.2) is 19.8 Å². The molecule has 1 atom stereocenters. The molecule has 18 heavy (non-hydrogen) atoms. The van der Waals surface area contributed by atoms with Gasteiger partial charge in [0.25, 0.3) is 5.89 Å². The van der Waals surface area contributed by atoms with Gasteiger partial charge >= 0.3 is 0 Å². The molecule has 1 aliphatic heterocycles. The summed E-state index contributed by atoms with van der Waals surface area (Å²) < 4.78 is 6.39. The first-order chi connectivity index (χ1) is 8.81. The smallest absolute Gasteiger partial charge is 0.258 e. The van der Waals surface area contributed by atoms with E-state index in [4.69, 9.17) is 4.52 Å². The van der Waals surface area contributed by atoms with Gasteiger partial charge in [0.15, 0.2) is 5.82 Å². The lowest BCUT2D eigenvalue weighted by molar-refractivity contribution is 0.360. The summed E-state index contributed by atoms with van der Waals surface area (Å²) in [5.74, 6) is 2.08. The summed E-state index contributed by atoms with van der Waals surface area (Å²) in [5, 5.41) is 9.49. The van der Waals surface area contributed by atoms with E-state index in [9.17, 15) is 0 Å². The molecule has 0 saturated carbocycles. The average Bonchev–Trinajstić information content (AvgIpc) is 2.99. The van der Waals surface area contributed by atoms with Crippen molar-refractivity contribution in [1.29, 1.82) is 0 Å². The normalized spacial score (nSPS) is 20.2. The van der Waals surface area contributed by atoms with Crippen LogP contribution in [0.1, 0.15) is 18.7 Å². The quantitative estimate of drug-likeness (QED) is 0.941. The topological polar surface area (TPSA) is 51.0 Å². The minimum absolute atomic E-state index is 0.621. The lowest BCUT2D eigenvalue weighted by atomic mass is 9.96. The molecule has 1 aliphatic rings. The summed E-state index contributed by atoms with van der Waals surface area (Å²) in [7, 11) is 0. The Hall–Kier alpha value is -0.720. The predicted molar refractivity (Wildman–Crippen MR) is 74.6 cm³/mol. The van der Waals surface area contributed by atoms with Crippen molar-refractivity contribution in [2.24, 2.45) is 5.92 Å². The van der Waals surface area contributed by atoms with Crippen LogP contribution in [-0.2, 0) is 6.42 Å². The number of piperidine rings is 1. The highest BCUT2D eigenvalue weighted by Gasteiger charge is 2.17. The highest BCUT2D eigenvalue weighted by molar-refractivity contribution is 9.11. The minimum Gasteiger partial charge on any atom is -0.334 e. The van der Waals surface area contributed by atoms with Crippen LogP contribution < -0.4 is 5.32 Å². The Morgan fingerprint density at radius 3 is 3.22 bits per heavy atom. The number of aromatic nitrogens is 2. The number of hydrogen-bond donors (Lipinski definition) is 1. The number of hydrogen-bond acceptors (Lipinski definition) is 5. The summed E-state index contributed by atoms with van der Waals surface area (Å²) >= 11 is 5.06. The third-order valence-electron chi connectivity index (χ3n) is 3.15. The zero-order valence-electron chi connectivity index (χ0n) is 9.86. The molecule has 1 N–H and O–H groups in total. The SMILES string of the molecule is Brc1cc(-c2nc(CC3CCCNC3)no2)cs1. The van der Waals surface area contributed by atoms with E-state index in [1.54, 1.807) is 11.3 Å². The van der Waals surface area contributed by atoms with Crippen LogP contribution in [0.3, 0.4) is 0 Å². The maximum Gasteiger partial charge on any atom is 0.258 e. The highest BCUT2D eigenvalue weighted by atomic mass is 79.9. The monoisotopic (exact) mass is 327 g/mol. The van der Waals surface area contributed by atoms with E-state index in [0.717, 1.165) is 34.7 Å². The Morgan fingerprint density at radius 1 is 1.56 bits per heavy atom. The lowest BCUT2D eigenvalue weighted by Gasteiger charge is -2.20. The van der Waals surface area contributed by atoms with Gasteiger partial charge in [0.2, 0.25) is 0 Å². The second-order valence-corrected chi connectivity index (χ2v) is 6.86. The fourth-order valence-electron chi connectivity index (χ4n) is 2.23. The maximum atomic E-state index is 5.31. The summed E-state index contributed by atoms with van der Waals surface area (Å²) in [6, 6.07) is 2.00. The molecular formula is C12H14BrN3OS. The van der Waals surface area contributed by atoms with E-state index in [0.29, 0.717) is 11.8 Å². The number of nitrogens with one attached hydrogen (secondary N) is 1. The molecule has 1 fully saturated rings. The van der Waals surface area contributed by atoms with Crippen molar-refractivity contribution >= 4 is 27.3 Å². The highest BCUT2D eigenvalue weighted by Crippen LogP contribution is 2.28. The summed E-state index contributed by atoms with van der Waals surface area (Å²) in [4.78, 5) is 4.47. The number of nitrogens with zero attached hydrogens (tertiary/aromatic N) is 2. The van der Waals surface area contributed by atoms with Crippen LogP contribution in [0.4, 0.5) is 0 Å². The summed E-state index contributed by atoms with van der Waals surface area (Å²) in [6.45, 7) is 2.20. The van der Waals surface area contributed by atoms with Gasteiger partial charge in [0.1, 0.15) is 0 Å². The fraction of sp³-hybridized carbons (Fsp3) is 0.500. The van der Waals surface area contributed by atoms with Gasteiger partial charge in [-0.15, -0.1) is 11.3 Å². The largest absolute Gasteiger partial charge is 0.334 e. The molecule has 2 aromatic heterocycles. The molecule has 0 bridgehead atoms. The van der Waals surface area contributed by atoms with Gasteiger partial charge in [-0.3, -0.25) is 0 Å². The van der Waals surface area contributed by atoms with Crippen molar-refractivity contribution in [3.8, 4) is 11.5 Å². The Morgan fingerprint density at radius 2 is 2.50 bits per heavy atom. The average molecular weight is 328 g/mol. The standard InChI is InChI=1S/C12H14BrN3OS/c13-10-5-9(7-18-10)12-15-11(16-17-12)4-8-2-1-3-14-6-8/h5,7-8,14H,1-4,6H2. The molecule has 4 nitrogen and oxygen atoms in total. The molecule has 3 heterocycles. The van der Waals surface area contributed by atoms with Crippen molar-refractivity contribution in [1.82, 2.24) is 15.5 Å². The van der Waals surface area contributed by atoms with Crippen LogP contribution in [0.2, 0.25) is 0 Å². The third kappa shape index (κ3) is 2.81. The molecule has 0 spiro atoms. The molecule has 1 saturated heterocycles. The Kier molecular flexibility index (Phi) is 3.77. The molecule has 1 unspecified atom stereocenters. The van der Waals surface area contributed by atoms with Crippen LogP contribution in [0.25, 0.3) is 11.5 Å². The second kappa shape index (κ2) is 5.50. The lowest BCUT2D eigenvalue weighted by Crippen LogP contribution is -2.31. The molecule has 0 aliphatic carbocycles. The van der Waals surface area contributed by atoms with Crippen LogP contribution >= 0.6 is 27.3 Å². The second-order valence-electron chi connectivity index (χ2n) is 4.57. The van der Waals surface area contributed by atoms with E-state index in [1.165, 1.54) is 12.8 Å². The van der Waals surface area contributed by atoms with Gasteiger partial charge in [-0.05, 0) is 53.8 Å². The Balaban J connectivity index is 1.69. The van der Waals surface area contributed by atoms with Gasteiger partial charge in [-0.1, -0.05) is 5.16 Å². The molecule has 0 radical (unpaired) electrons. The summed E-state index contributed by atoms with van der Waals surface area (Å²) in [6.07, 6.45) is 3.40. The van der Waals surface area contributed by atoms with Crippen molar-refractivity contribution < 1.29 is 4.52 Å². The zero-order chi connectivity index (χ0) is 12.4. The molecule has 6 heteroatoms. The van der Waals surface area contributed by atoms with Gasteiger partial charge in [-0.25, -0.2) is 0 Å². The van der Waals surface area contributed by atoms with Crippen molar-refractivity contribution in [3.05, 3.63) is 21.1 Å².